The third-order valence-corrected chi connectivity index (χ3v) is 6.74. The van der Waals surface area contributed by atoms with Gasteiger partial charge in [-0.25, -0.2) is 9.13 Å². The molecule has 190 valence electrons. The maximum Gasteiger partial charge on any atom is 0.243 e. The Kier molecular flexibility index (Phi) is 11.0. The number of aryl methyl sites for hydroxylation is 1. The van der Waals surface area contributed by atoms with Gasteiger partial charge in [0.15, 0.2) is 0 Å². The number of rotatable bonds is 10. The molecule has 4 rings (SSSR count). The molecule has 0 aliphatic carbocycles. The Morgan fingerprint density at radius 1 is 0.917 bits per heavy atom. The minimum Gasteiger partial charge on any atom is -1.00 e. The molecule has 0 spiro atoms. The first-order chi connectivity index (χ1) is 16.9. The normalized spacial score (nSPS) is 11.7. The first-order valence-corrected chi connectivity index (χ1v) is 12.6. The first-order valence-electron chi connectivity index (χ1n) is 11.1. The Bertz CT molecular complexity index is 1300. The number of aromatic nitrogens is 2. The molecule has 0 aliphatic rings. The number of halogens is 5. The van der Waals surface area contributed by atoms with Crippen molar-refractivity contribution < 1.29 is 31.0 Å². The van der Waals surface area contributed by atoms with Crippen molar-refractivity contribution in [1.82, 2.24) is 4.57 Å². The van der Waals surface area contributed by atoms with E-state index in [1.54, 1.807) is 18.2 Å². The Morgan fingerprint density at radius 3 is 2.36 bits per heavy atom. The molecule has 36 heavy (non-hydrogen) atoms. The van der Waals surface area contributed by atoms with E-state index in [0.29, 0.717) is 39.8 Å². The van der Waals surface area contributed by atoms with E-state index in [4.69, 9.17) is 55.9 Å². The third kappa shape index (κ3) is 7.88. The fraction of sp³-hybridized carbons (Fsp3) is 0.222. The molecule has 0 bridgehead atoms. The van der Waals surface area contributed by atoms with Crippen LogP contribution in [0.2, 0.25) is 20.1 Å². The number of ether oxygens (including phenoxy) is 2. The minimum atomic E-state index is -0.324. The zero-order valence-electron chi connectivity index (χ0n) is 19.5. The van der Waals surface area contributed by atoms with Crippen LogP contribution in [0.25, 0.3) is 0 Å². The van der Waals surface area contributed by atoms with Crippen molar-refractivity contribution in [2.24, 2.45) is 0 Å². The number of nitrogens with zero attached hydrogens (tertiary/aromatic N) is 2. The molecule has 1 aromatic heterocycles. The summed E-state index contributed by atoms with van der Waals surface area (Å²) in [6.07, 6.45) is 5.72. The fourth-order valence-corrected chi connectivity index (χ4v) is 4.68. The largest absolute Gasteiger partial charge is 1.00 e. The highest BCUT2D eigenvalue weighted by Gasteiger charge is 2.20. The van der Waals surface area contributed by atoms with E-state index >= 15 is 0 Å². The van der Waals surface area contributed by atoms with Crippen LogP contribution in [0.3, 0.4) is 0 Å². The summed E-state index contributed by atoms with van der Waals surface area (Å²) in [5.41, 5.74) is 2.82. The fourth-order valence-electron chi connectivity index (χ4n) is 3.68. The van der Waals surface area contributed by atoms with E-state index in [1.165, 1.54) is 0 Å². The van der Waals surface area contributed by atoms with Gasteiger partial charge in [0.2, 0.25) is 6.33 Å². The molecular formula is C27H25BrCl4N2O2. The molecule has 1 heterocycles. The minimum absolute atomic E-state index is 0. The molecule has 3 aromatic carbocycles. The van der Waals surface area contributed by atoms with E-state index in [0.717, 1.165) is 29.0 Å². The van der Waals surface area contributed by atoms with Crippen molar-refractivity contribution in [3.8, 4) is 5.75 Å². The van der Waals surface area contributed by atoms with Crippen molar-refractivity contribution in [1.29, 1.82) is 0 Å². The zero-order chi connectivity index (χ0) is 24.8. The lowest BCUT2D eigenvalue weighted by molar-refractivity contribution is -0.704. The third-order valence-electron chi connectivity index (χ3n) is 5.59. The smallest absolute Gasteiger partial charge is 0.243 e. The van der Waals surface area contributed by atoms with Gasteiger partial charge in [-0.15, -0.1) is 0 Å². The summed E-state index contributed by atoms with van der Waals surface area (Å²) in [4.78, 5) is 0. The van der Waals surface area contributed by atoms with Crippen LogP contribution in [-0.4, -0.2) is 11.2 Å². The monoisotopic (exact) mass is 628 g/mol. The lowest BCUT2D eigenvalue weighted by Crippen LogP contribution is -3.00. The van der Waals surface area contributed by atoms with Crippen molar-refractivity contribution in [2.45, 2.75) is 32.7 Å². The van der Waals surface area contributed by atoms with Crippen molar-refractivity contribution in [2.75, 3.05) is 6.61 Å². The van der Waals surface area contributed by atoms with E-state index in [2.05, 4.69) is 9.13 Å². The van der Waals surface area contributed by atoms with Gasteiger partial charge in [-0.3, -0.25) is 0 Å². The van der Waals surface area contributed by atoms with Gasteiger partial charge in [0.25, 0.3) is 0 Å². The second-order valence-electron chi connectivity index (χ2n) is 8.16. The molecule has 1 atom stereocenters. The summed E-state index contributed by atoms with van der Waals surface area (Å²) < 4.78 is 16.4. The molecule has 0 radical (unpaired) electrons. The Labute approximate surface area is 242 Å². The van der Waals surface area contributed by atoms with Crippen molar-refractivity contribution >= 4 is 46.4 Å². The van der Waals surface area contributed by atoms with Gasteiger partial charge < -0.3 is 26.5 Å². The van der Waals surface area contributed by atoms with Crippen LogP contribution < -0.4 is 26.3 Å². The Morgan fingerprint density at radius 2 is 1.64 bits per heavy atom. The van der Waals surface area contributed by atoms with Gasteiger partial charge in [-0.05, 0) is 48.4 Å². The quantitative estimate of drug-likeness (QED) is 0.237. The van der Waals surface area contributed by atoms with Crippen LogP contribution in [0, 0.1) is 6.92 Å². The summed E-state index contributed by atoms with van der Waals surface area (Å²) in [5.74, 6) is 0.902. The van der Waals surface area contributed by atoms with Crippen LogP contribution in [-0.2, 0) is 24.4 Å². The molecule has 0 N–H and O–H groups in total. The van der Waals surface area contributed by atoms with Crippen molar-refractivity contribution in [3.63, 3.8) is 0 Å². The SMILES string of the molecule is Cc1ccccc1OCCn1cc[n+](CC(OCc2ccc(Cl)cc2Cl)c2ccc(Cl)cc2Cl)c1.[Br-]. The molecular weight excluding hydrogens is 606 g/mol. The van der Waals surface area contributed by atoms with Gasteiger partial charge in [-0.2, -0.15) is 0 Å². The number of hydrogen-bond donors (Lipinski definition) is 0. The molecule has 4 aromatic rings. The maximum atomic E-state index is 6.53. The van der Waals surface area contributed by atoms with Crippen molar-refractivity contribution in [3.05, 3.63) is 116 Å². The predicted octanol–water partition coefficient (Wildman–Crippen LogP) is 4.74. The van der Waals surface area contributed by atoms with Gasteiger partial charge in [0.1, 0.15) is 43.9 Å². The molecule has 9 heteroatoms. The summed E-state index contributed by atoms with van der Waals surface area (Å²) in [6, 6.07) is 18.8. The van der Waals surface area contributed by atoms with Gasteiger partial charge in [0.05, 0.1) is 6.61 Å². The van der Waals surface area contributed by atoms with Gasteiger partial charge >= 0.3 is 0 Å². The number of imidazole rings is 1. The highest BCUT2D eigenvalue weighted by atomic mass is 79.9. The van der Waals surface area contributed by atoms with Crippen LogP contribution in [0.4, 0.5) is 0 Å². The van der Waals surface area contributed by atoms with E-state index in [1.807, 2.05) is 68.1 Å². The van der Waals surface area contributed by atoms with E-state index in [9.17, 15) is 0 Å². The lowest BCUT2D eigenvalue weighted by atomic mass is 10.1. The number of benzene rings is 3. The van der Waals surface area contributed by atoms with Crippen LogP contribution in [0.5, 0.6) is 5.75 Å². The topological polar surface area (TPSA) is 27.3 Å². The molecule has 1 unspecified atom stereocenters. The first kappa shape index (κ1) is 28.8. The second kappa shape index (κ2) is 13.7. The number of hydrogen-bond acceptors (Lipinski definition) is 2. The van der Waals surface area contributed by atoms with Gasteiger partial charge in [-0.1, -0.05) is 76.7 Å². The Balaban J connectivity index is 0.00000361. The summed E-state index contributed by atoms with van der Waals surface area (Å²) in [6.45, 7) is 4.19. The molecule has 0 saturated heterocycles. The average Bonchev–Trinajstić information content (AvgIpc) is 3.26. The maximum absolute atomic E-state index is 6.53. The van der Waals surface area contributed by atoms with Gasteiger partial charge in [0, 0.05) is 25.7 Å². The molecule has 0 aliphatic heterocycles. The average molecular weight is 631 g/mol. The lowest BCUT2D eigenvalue weighted by Gasteiger charge is -2.19. The summed E-state index contributed by atoms with van der Waals surface area (Å²) in [7, 11) is 0. The number of para-hydroxylation sites is 1. The van der Waals surface area contributed by atoms with E-state index in [-0.39, 0.29) is 23.1 Å². The molecule has 0 saturated carbocycles. The van der Waals surface area contributed by atoms with Crippen LogP contribution in [0.1, 0.15) is 22.8 Å². The second-order valence-corrected chi connectivity index (χ2v) is 9.85. The molecule has 4 nitrogen and oxygen atoms in total. The summed E-state index contributed by atoms with van der Waals surface area (Å²) in [5, 5.41) is 2.27. The van der Waals surface area contributed by atoms with Crippen LogP contribution >= 0.6 is 46.4 Å². The van der Waals surface area contributed by atoms with Crippen LogP contribution in [0.15, 0.2) is 79.4 Å². The highest BCUT2D eigenvalue weighted by molar-refractivity contribution is 6.35. The van der Waals surface area contributed by atoms with E-state index < -0.39 is 0 Å². The predicted molar refractivity (Wildman–Crippen MR) is 142 cm³/mol. The zero-order valence-corrected chi connectivity index (χ0v) is 24.1. The molecule has 0 amide bonds. The standard InChI is InChI=1S/C27H25Cl4N2O2.BrH/c1-19-4-2-3-5-26(19)34-13-12-32-10-11-33(18-32)16-27(23-9-8-22(29)15-25(23)31)35-17-20-6-7-21(28)14-24(20)30;/h2-11,14-15,18,27H,12-13,16-17H2,1H3;1H/q+1;/p-1. The highest BCUT2D eigenvalue weighted by Crippen LogP contribution is 2.31. The Hall–Kier alpha value is -1.73. The summed E-state index contributed by atoms with van der Waals surface area (Å²) >= 11 is 25.0. The molecule has 0 fully saturated rings.